The van der Waals surface area contributed by atoms with Crippen LogP contribution in [0.2, 0.25) is 0 Å². The van der Waals surface area contributed by atoms with E-state index in [9.17, 15) is 18.0 Å². The lowest BCUT2D eigenvalue weighted by atomic mass is 9.90. The Morgan fingerprint density at radius 3 is 2.44 bits per heavy atom. The second-order valence-electron chi connectivity index (χ2n) is 6.95. The van der Waals surface area contributed by atoms with Crippen molar-refractivity contribution >= 4 is 5.91 Å². The molecule has 1 heterocycles. The zero-order valence-corrected chi connectivity index (χ0v) is 14.9. The Morgan fingerprint density at radius 2 is 1.92 bits per heavy atom. The number of amides is 1. The van der Waals surface area contributed by atoms with E-state index in [4.69, 9.17) is 0 Å². The molecule has 0 aliphatic carbocycles. The molecule has 7 heteroatoms. The molecular formula is C18H26F3N3O. The van der Waals surface area contributed by atoms with Gasteiger partial charge in [0.05, 0.1) is 5.56 Å². The summed E-state index contributed by atoms with van der Waals surface area (Å²) in [4.78, 5) is 15.6. The Bertz CT molecular complexity index is 572. The first-order chi connectivity index (χ1) is 11.7. The lowest BCUT2D eigenvalue weighted by molar-refractivity contribution is -0.137. The first-order valence-electron chi connectivity index (χ1n) is 8.46. The average Bonchev–Trinajstić information content (AvgIpc) is 2.53. The topological polar surface area (TPSA) is 35.6 Å². The van der Waals surface area contributed by atoms with Gasteiger partial charge in [0.25, 0.3) is 0 Å². The summed E-state index contributed by atoms with van der Waals surface area (Å²) in [7, 11) is 4.04. The molecule has 1 saturated heterocycles. The van der Waals surface area contributed by atoms with Gasteiger partial charge in [0.2, 0.25) is 5.91 Å². The highest BCUT2D eigenvalue weighted by Gasteiger charge is 2.32. The first-order valence-corrected chi connectivity index (χ1v) is 8.46. The van der Waals surface area contributed by atoms with Crippen LogP contribution in [0.25, 0.3) is 0 Å². The number of nitrogens with one attached hydrogen (secondary N) is 1. The predicted molar refractivity (Wildman–Crippen MR) is 91.0 cm³/mol. The molecule has 1 amide bonds. The fourth-order valence-electron chi connectivity index (χ4n) is 3.34. The maximum Gasteiger partial charge on any atom is 0.416 e. The lowest BCUT2D eigenvalue weighted by Crippen LogP contribution is -2.52. The van der Waals surface area contributed by atoms with Crippen LogP contribution in [0.3, 0.4) is 0 Å². The number of piperidine rings is 1. The number of carbonyl (C=O) groups excluding carboxylic acids is 1. The summed E-state index contributed by atoms with van der Waals surface area (Å²) >= 11 is 0. The van der Waals surface area contributed by atoms with Gasteiger partial charge in [-0.2, -0.15) is 13.2 Å². The van der Waals surface area contributed by atoms with Gasteiger partial charge in [-0.05, 0) is 50.7 Å². The molecule has 1 aliphatic heterocycles. The minimum atomic E-state index is -4.30. The van der Waals surface area contributed by atoms with Gasteiger partial charge in [0.1, 0.15) is 0 Å². The molecule has 2 rings (SSSR count). The Balaban J connectivity index is 1.96. The molecule has 0 unspecified atom stereocenters. The van der Waals surface area contributed by atoms with Crippen LogP contribution in [-0.4, -0.2) is 55.5 Å². The number of likely N-dealkylation sites (tertiary alicyclic amines) is 1. The van der Waals surface area contributed by atoms with Crippen molar-refractivity contribution in [1.82, 2.24) is 15.1 Å². The lowest BCUT2D eigenvalue weighted by Gasteiger charge is -2.42. The summed E-state index contributed by atoms with van der Waals surface area (Å²) < 4.78 is 37.9. The number of benzene rings is 1. The van der Waals surface area contributed by atoms with Gasteiger partial charge in [0, 0.05) is 32.6 Å². The minimum absolute atomic E-state index is 0.0234. The van der Waals surface area contributed by atoms with Crippen LogP contribution in [0.4, 0.5) is 13.2 Å². The van der Waals surface area contributed by atoms with E-state index in [2.05, 4.69) is 15.1 Å². The third-order valence-corrected chi connectivity index (χ3v) is 4.77. The molecule has 0 radical (unpaired) electrons. The second kappa shape index (κ2) is 8.19. The van der Waals surface area contributed by atoms with Crippen LogP contribution in [0.1, 0.15) is 24.5 Å². The molecule has 0 saturated carbocycles. The quantitative estimate of drug-likeness (QED) is 0.880. The highest BCUT2D eigenvalue weighted by molar-refractivity contribution is 5.72. The SMILES string of the molecule is CC(=O)NC[C@H]1CCN(Cc2ccc(C(F)(F)F)cc2)C[C@H]1N(C)C. The predicted octanol–water partition coefficient (Wildman–Crippen LogP) is 2.59. The van der Waals surface area contributed by atoms with Crippen molar-refractivity contribution in [2.45, 2.75) is 32.1 Å². The third-order valence-electron chi connectivity index (χ3n) is 4.77. The molecule has 1 aromatic carbocycles. The fourth-order valence-corrected chi connectivity index (χ4v) is 3.34. The van der Waals surface area contributed by atoms with Crippen molar-refractivity contribution in [3.05, 3.63) is 35.4 Å². The van der Waals surface area contributed by atoms with Crippen LogP contribution < -0.4 is 5.32 Å². The molecule has 0 bridgehead atoms. The summed E-state index contributed by atoms with van der Waals surface area (Å²) in [5, 5.41) is 2.89. The molecule has 1 fully saturated rings. The Kier molecular flexibility index (Phi) is 6.46. The Morgan fingerprint density at radius 1 is 1.28 bits per heavy atom. The van der Waals surface area contributed by atoms with E-state index in [0.29, 0.717) is 25.0 Å². The standard InChI is InChI=1S/C18H26F3N3O/c1-13(25)22-10-15-8-9-24(12-17(15)23(2)3)11-14-4-6-16(7-5-14)18(19,20)21/h4-7,15,17H,8-12H2,1-3H3,(H,22,25)/t15-,17-/m1/s1. The molecule has 0 spiro atoms. The van der Waals surface area contributed by atoms with Crippen LogP contribution >= 0.6 is 0 Å². The molecular weight excluding hydrogens is 331 g/mol. The van der Waals surface area contributed by atoms with Crippen LogP contribution in [0, 0.1) is 5.92 Å². The maximum atomic E-state index is 12.6. The molecule has 0 aromatic heterocycles. The van der Waals surface area contributed by atoms with E-state index in [-0.39, 0.29) is 5.91 Å². The van der Waals surface area contributed by atoms with E-state index in [0.717, 1.165) is 37.2 Å². The molecule has 1 aromatic rings. The van der Waals surface area contributed by atoms with Gasteiger partial charge in [-0.1, -0.05) is 12.1 Å². The van der Waals surface area contributed by atoms with Crippen LogP contribution in [-0.2, 0) is 17.5 Å². The zero-order valence-electron chi connectivity index (χ0n) is 14.9. The number of rotatable bonds is 5. The molecule has 1 aliphatic rings. The highest BCUT2D eigenvalue weighted by Crippen LogP contribution is 2.29. The van der Waals surface area contributed by atoms with Gasteiger partial charge in [-0.25, -0.2) is 0 Å². The number of carbonyl (C=O) groups is 1. The number of hydrogen-bond acceptors (Lipinski definition) is 3. The minimum Gasteiger partial charge on any atom is -0.356 e. The van der Waals surface area contributed by atoms with Gasteiger partial charge >= 0.3 is 6.18 Å². The summed E-state index contributed by atoms with van der Waals surface area (Å²) in [5.74, 6) is 0.354. The number of halogens is 3. The summed E-state index contributed by atoms with van der Waals surface area (Å²) in [6, 6.07) is 5.69. The number of hydrogen-bond donors (Lipinski definition) is 1. The Labute approximate surface area is 147 Å². The monoisotopic (exact) mass is 357 g/mol. The third kappa shape index (κ3) is 5.71. The summed E-state index contributed by atoms with van der Waals surface area (Å²) in [5.41, 5.74) is 0.266. The maximum absolute atomic E-state index is 12.6. The number of alkyl halides is 3. The van der Waals surface area contributed by atoms with Crippen LogP contribution in [0.15, 0.2) is 24.3 Å². The van der Waals surface area contributed by atoms with E-state index >= 15 is 0 Å². The van der Waals surface area contributed by atoms with Crippen LogP contribution in [0.5, 0.6) is 0 Å². The van der Waals surface area contributed by atoms with Crippen molar-refractivity contribution in [1.29, 1.82) is 0 Å². The molecule has 25 heavy (non-hydrogen) atoms. The van der Waals surface area contributed by atoms with E-state index in [1.54, 1.807) is 12.1 Å². The van der Waals surface area contributed by atoms with E-state index < -0.39 is 11.7 Å². The second-order valence-corrected chi connectivity index (χ2v) is 6.95. The smallest absolute Gasteiger partial charge is 0.356 e. The normalized spacial score (nSPS) is 22.2. The zero-order chi connectivity index (χ0) is 18.6. The van der Waals surface area contributed by atoms with Gasteiger partial charge in [-0.3, -0.25) is 9.69 Å². The number of likely N-dealkylation sites (N-methyl/N-ethyl adjacent to an activating group) is 1. The summed E-state index contributed by atoms with van der Waals surface area (Å²) in [6.45, 7) is 4.51. The van der Waals surface area contributed by atoms with Crippen molar-refractivity contribution < 1.29 is 18.0 Å². The highest BCUT2D eigenvalue weighted by atomic mass is 19.4. The average molecular weight is 357 g/mol. The van der Waals surface area contributed by atoms with Crippen molar-refractivity contribution in [2.24, 2.45) is 5.92 Å². The molecule has 4 nitrogen and oxygen atoms in total. The molecule has 1 N–H and O–H groups in total. The van der Waals surface area contributed by atoms with E-state index in [1.807, 2.05) is 14.1 Å². The summed E-state index contributed by atoms with van der Waals surface area (Å²) in [6.07, 6.45) is -3.35. The first kappa shape index (κ1) is 19.7. The Hall–Kier alpha value is -1.60. The van der Waals surface area contributed by atoms with Crippen molar-refractivity contribution in [2.75, 3.05) is 33.7 Å². The van der Waals surface area contributed by atoms with Gasteiger partial charge in [0.15, 0.2) is 0 Å². The van der Waals surface area contributed by atoms with Gasteiger partial charge in [-0.15, -0.1) is 0 Å². The molecule has 2 atom stereocenters. The fraction of sp³-hybridized carbons (Fsp3) is 0.611. The largest absolute Gasteiger partial charge is 0.416 e. The van der Waals surface area contributed by atoms with Crippen molar-refractivity contribution in [3.8, 4) is 0 Å². The van der Waals surface area contributed by atoms with E-state index in [1.165, 1.54) is 6.92 Å². The molecule has 140 valence electrons. The van der Waals surface area contributed by atoms with Crippen molar-refractivity contribution in [3.63, 3.8) is 0 Å². The van der Waals surface area contributed by atoms with Gasteiger partial charge < -0.3 is 10.2 Å². The number of nitrogens with zero attached hydrogens (tertiary/aromatic N) is 2.